The fourth-order valence-corrected chi connectivity index (χ4v) is 4.83. The number of carbonyl (C=O) groups is 1. The first-order valence-corrected chi connectivity index (χ1v) is 13.2. The Labute approximate surface area is 233 Å². The van der Waals surface area contributed by atoms with Crippen LogP contribution in [0, 0.1) is 11.6 Å². The Morgan fingerprint density at radius 2 is 1.66 bits per heavy atom. The Bertz CT molecular complexity index is 1760. The number of rotatable bonds is 10. The minimum atomic E-state index is -1.53. The molecule has 41 heavy (non-hydrogen) atoms. The number of aryl methyl sites for hydroxylation is 1. The number of aromatic nitrogens is 3. The maximum absolute atomic E-state index is 13.6. The highest BCUT2D eigenvalue weighted by atomic mass is 19.1. The van der Waals surface area contributed by atoms with Gasteiger partial charge in [0.25, 0.3) is 5.56 Å². The summed E-state index contributed by atoms with van der Waals surface area (Å²) in [6, 6.07) is 17.6. The third-order valence-electron chi connectivity index (χ3n) is 7.11. The summed E-state index contributed by atoms with van der Waals surface area (Å²) in [6.07, 6.45) is 1.46. The number of aliphatic hydroxyl groups is 1. The smallest absolute Gasteiger partial charge is 0.303 e. The average Bonchev–Trinajstić information content (AvgIpc) is 3.47. The first-order valence-electron chi connectivity index (χ1n) is 13.2. The van der Waals surface area contributed by atoms with Gasteiger partial charge < -0.3 is 14.7 Å². The molecule has 0 saturated carbocycles. The number of halogens is 2. The molecule has 0 amide bonds. The lowest BCUT2D eigenvalue weighted by Gasteiger charge is -2.24. The van der Waals surface area contributed by atoms with Crippen LogP contribution in [0.1, 0.15) is 49.8 Å². The van der Waals surface area contributed by atoms with E-state index in [9.17, 15) is 23.5 Å². The van der Waals surface area contributed by atoms with E-state index in [-0.39, 0.29) is 24.2 Å². The van der Waals surface area contributed by atoms with E-state index in [1.54, 1.807) is 31.2 Å². The number of carboxylic acid groups (broad SMARTS) is 1. The second-order valence-corrected chi connectivity index (χ2v) is 9.77. The van der Waals surface area contributed by atoms with Gasteiger partial charge in [-0.15, -0.1) is 0 Å². The lowest BCUT2D eigenvalue weighted by atomic mass is 9.88. The molecule has 8 nitrogen and oxygen atoms in total. The zero-order valence-electron chi connectivity index (χ0n) is 22.2. The summed E-state index contributed by atoms with van der Waals surface area (Å²) >= 11 is 0. The van der Waals surface area contributed by atoms with Gasteiger partial charge in [-0.1, -0.05) is 30.3 Å². The van der Waals surface area contributed by atoms with Gasteiger partial charge in [0.15, 0.2) is 5.76 Å². The van der Waals surface area contributed by atoms with Crippen LogP contribution >= 0.6 is 0 Å². The highest BCUT2D eigenvalue weighted by Gasteiger charge is 2.34. The van der Waals surface area contributed by atoms with E-state index in [0.717, 1.165) is 0 Å². The van der Waals surface area contributed by atoms with E-state index in [4.69, 9.17) is 14.6 Å². The molecule has 0 spiro atoms. The van der Waals surface area contributed by atoms with Gasteiger partial charge in [0.05, 0.1) is 16.6 Å². The van der Waals surface area contributed by atoms with E-state index in [2.05, 4.69) is 5.16 Å². The predicted octanol–water partition coefficient (Wildman–Crippen LogP) is 5.76. The molecule has 210 valence electrons. The van der Waals surface area contributed by atoms with Crippen molar-refractivity contribution in [3.63, 3.8) is 0 Å². The molecule has 0 fully saturated rings. The molecule has 0 unspecified atom stereocenters. The molecule has 5 rings (SSSR count). The van der Waals surface area contributed by atoms with Crippen molar-refractivity contribution in [1.82, 2.24) is 14.7 Å². The van der Waals surface area contributed by atoms with Crippen LogP contribution in [-0.2, 0) is 16.8 Å². The van der Waals surface area contributed by atoms with Gasteiger partial charge >= 0.3 is 5.97 Å². The number of fused-ring (bicyclic) bond motifs is 1. The van der Waals surface area contributed by atoms with Crippen molar-refractivity contribution in [1.29, 1.82) is 0 Å². The monoisotopic (exact) mass is 559 g/mol. The third-order valence-corrected chi connectivity index (χ3v) is 7.11. The number of benzene rings is 3. The summed E-state index contributed by atoms with van der Waals surface area (Å²) in [6.45, 7) is 1.77. The Balaban J connectivity index is 1.55. The fourth-order valence-electron chi connectivity index (χ4n) is 4.83. The molecule has 0 aliphatic heterocycles. The molecule has 1 atom stereocenters. The van der Waals surface area contributed by atoms with E-state index in [1.165, 1.54) is 53.1 Å². The maximum Gasteiger partial charge on any atom is 0.303 e. The van der Waals surface area contributed by atoms with Crippen molar-refractivity contribution in [2.75, 3.05) is 0 Å². The molecular formula is C31H27F2N3O5. The molecule has 2 heterocycles. The Morgan fingerprint density at radius 3 is 2.32 bits per heavy atom. The van der Waals surface area contributed by atoms with E-state index >= 15 is 0 Å². The number of hydrogen-bond acceptors (Lipinski definition) is 6. The summed E-state index contributed by atoms with van der Waals surface area (Å²) in [4.78, 5) is 29.3. The fraction of sp³-hybridized carbons (Fsp3) is 0.226. The first kappa shape index (κ1) is 27.9. The third kappa shape index (κ3) is 5.64. The van der Waals surface area contributed by atoms with Crippen LogP contribution in [0.25, 0.3) is 27.8 Å². The summed E-state index contributed by atoms with van der Waals surface area (Å²) in [7, 11) is 0. The molecule has 2 N–H and O–H groups in total. The van der Waals surface area contributed by atoms with Crippen molar-refractivity contribution in [3.05, 3.63) is 112 Å². The molecular weight excluding hydrogens is 532 g/mol. The molecule has 5 aromatic rings. The van der Waals surface area contributed by atoms with E-state index < -0.39 is 23.2 Å². The van der Waals surface area contributed by atoms with Crippen LogP contribution in [0.4, 0.5) is 8.78 Å². The van der Waals surface area contributed by atoms with Crippen molar-refractivity contribution < 1.29 is 28.3 Å². The van der Waals surface area contributed by atoms with Gasteiger partial charge in [0.1, 0.15) is 28.8 Å². The summed E-state index contributed by atoms with van der Waals surface area (Å²) in [5.74, 6) is -1.17. The van der Waals surface area contributed by atoms with Crippen molar-refractivity contribution >= 4 is 16.9 Å². The standard InChI is InChI=1S/C31H27F2N3O5/c1-2-31(40,20-8-10-21(32)11-9-20)27-18-25(35-41-27)19-7-16-24-26(17-19)34-28(5-3-4-6-29(37)38)36(30(24)39)23-14-12-22(33)13-15-23/h7-18,40H,2-6H2,1H3,(H,37,38)/t31-/m1/s1. The molecule has 3 aromatic carbocycles. The topological polar surface area (TPSA) is 118 Å². The summed E-state index contributed by atoms with van der Waals surface area (Å²) in [5, 5.41) is 24.8. The van der Waals surface area contributed by atoms with Crippen molar-refractivity contribution in [2.45, 2.75) is 44.6 Å². The Morgan fingerprint density at radius 1 is 0.976 bits per heavy atom. The molecule has 0 radical (unpaired) electrons. The predicted molar refractivity (Wildman–Crippen MR) is 148 cm³/mol. The first-order chi connectivity index (χ1) is 19.7. The normalized spacial score (nSPS) is 12.9. The molecule has 10 heteroatoms. The van der Waals surface area contributed by atoms with Gasteiger partial charge in [-0.25, -0.2) is 13.8 Å². The van der Waals surface area contributed by atoms with Gasteiger partial charge in [-0.3, -0.25) is 14.2 Å². The largest absolute Gasteiger partial charge is 0.481 e. The number of aliphatic carboxylic acids is 1. The van der Waals surface area contributed by atoms with Crippen LogP contribution in [0.2, 0.25) is 0 Å². The number of hydrogen-bond donors (Lipinski definition) is 2. The number of unbranched alkanes of at least 4 members (excludes halogenated alkanes) is 1. The minimum absolute atomic E-state index is 0.00493. The Hall–Kier alpha value is -4.70. The quantitative estimate of drug-likeness (QED) is 0.209. The van der Waals surface area contributed by atoms with Gasteiger partial charge in [-0.2, -0.15) is 0 Å². The van der Waals surface area contributed by atoms with Gasteiger partial charge in [0, 0.05) is 24.5 Å². The molecule has 0 aliphatic carbocycles. The molecule has 0 bridgehead atoms. The van der Waals surface area contributed by atoms with E-state index in [0.29, 0.717) is 58.5 Å². The number of carboxylic acids is 1. The second kappa shape index (κ2) is 11.4. The van der Waals surface area contributed by atoms with Gasteiger partial charge in [-0.05, 0) is 73.4 Å². The van der Waals surface area contributed by atoms with Crippen LogP contribution in [0.15, 0.2) is 82.1 Å². The summed E-state index contributed by atoms with van der Waals surface area (Å²) in [5.41, 5.74) is 0.422. The van der Waals surface area contributed by atoms with Crippen LogP contribution in [-0.4, -0.2) is 30.9 Å². The molecule has 0 saturated heterocycles. The number of nitrogens with zero attached hydrogens (tertiary/aromatic N) is 3. The van der Waals surface area contributed by atoms with Crippen LogP contribution in [0.3, 0.4) is 0 Å². The summed E-state index contributed by atoms with van der Waals surface area (Å²) < 4.78 is 34.0. The average molecular weight is 560 g/mol. The van der Waals surface area contributed by atoms with Gasteiger partial charge in [0.2, 0.25) is 0 Å². The van der Waals surface area contributed by atoms with Crippen LogP contribution < -0.4 is 5.56 Å². The zero-order chi connectivity index (χ0) is 29.1. The minimum Gasteiger partial charge on any atom is -0.481 e. The highest BCUT2D eigenvalue weighted by Crippen LogP contribution is 2.35. The molecule has 2 aromatic heterocycles. The van der Waals surface area contributed by atoms with Crippen LogP contribution in [0.5, 0.6) is 0 Å². The zero-order valence-corrected chi connectivity index (χ0v) is 22.2. The van der Waals surface area contributed by atoms with Crippen molar-refractivity contribution in [2.24, 2.45) is 0 Å². The highest BCUT2D eigenvalue weighted by molar-refractivity contribution is 5.83. The van der Waals surface area contributed by atoms with E-state index in [1.807, 2.05) is 0 Å². The Kier molecular flexibility index (Phi) is 7.76. The maximum atomic E-state index is 13.6. The van der Waals surface area contributed by atoms with Crippen molar-refractivity contribution in [3.8, 4) is 16.9 Å². The second-order valence-electron chi connectivity index (χ2n) is 9.77. The molecule has 0 aliphatic rings. The lowest BCUT2D eigenvalue weighted by Crippen LogP contribution is -2.25. The lowest BCUT2D eigenvalue weighted by molar-refractivity contribution is -0.137. The SMILES string of the molecule is CC[C@@](O)(c1ccc(F)cc1)c1cc(-c2ccc3c(=O)n(-c4ccc(F)cc4)c(CCCCC(=O)O)nc3c2)no1.